The van der Waals surface area contributed by atoms with Crippen LogP contribution < -0.4 is 5.32 Å². The smallest absolute Gasteiger partial charge is 0.270 e. The molecule has 0 aliphatic heterocycles. The molecule has 0 spiro atoms. The van der Waals surface area contributed by atoms with E-state index >= 15 is 0 Å². The first kappa shape index (κ1) is 12.1. The number of amides is 1. The molecule has 2 aromatic rings. The van der Waals surface area contributed by atoms with Gasteiger partial charge >= 0.3 is 0 Å². The van der Waals surface area contributed by atoms with Crippen molar-refractivity contribution in [3.8, 4) is 0 Å². The van der Waals surface area contributed by atoms with E-state index in [9.17, 15) is 4.79 Å². The van der Waals surface area contributed by atoms with E-state index in [1.807, 2.05) is 22.9 Å². The van der Waals surface area contributed by atoms with Crippen LogP contribution in [0.3, 0.4) is 0 Å². The summed E-state index contributed by atoms with van der Waals surface area (Å²) in [5, 5.41) is 4.89. The van der Waals surface area contributed by atoms with Crippen LogP contribution in [0.15, 0.2) is 11.6 Å². The molecule has 0 aromatic carbocycles. The van der Waals surface area contributed by atoms with Crippen molar-refractivity contribution in [1.82, 2.24) is 14.7 Å². The maximum absolute atomic E-state index is 12.1. The summed E-state index contributed by atoms with van der Waals surface area (Å²) < 4.78 is 1.85. The minimum atomic E-state index is -0.0525. The summed E-state index contributed by atoms with van der Waals surface area (Å²) in [4.78, 5) is 17.3. The molecular weight excluding hydrogens is 234 g/mol. The fourth-order valence-corrected chi connectivity index (χ4v) is 2.36. The quantitative estimate of drug-likeness (QED) is 0.891. The topological polar surface area (TPSA) is 46.4 Å². The highest BCUT2D eigenvalue weighted by Gasteiger charge is 2.19. The largest absolute Gasteiger partial charge is 0.350 e. The SMILES string of the molecule is Cc1nc2sccn2c1C(=O)NCC(C)(C)C. The first-order chi connectivity index (χ1) is 7.88. The highest BCUT2D eigenvalue weighted by Crippen LogP contribution is 2.17. The molecular formula is C12H17N3OS. The van der Waals surface area contributed by atoms with Gasteiger partial charge < -0.3 is 5.32 Å². The second kappa shape index (κ2) is 4.14. The average Bonchev–Trinajstić information content (AvgIpc) is 2.72. The molecule has 0 unspecified atom stereocenters. The number of rotatable bonds is 2. The first-order valence-corrected chi connectivity index (χ1v) is 6.47. The van der Waals surface area contributed by atoms with Gasteiger partial charge in [0.15, 0.2) is 4.96 Å². The van der Waals surface area contributed by atoms with Crippen LogP contribution >= 0.6 is 11.3 Å². The van der Waals surface area contributed by atoms with E-state index in [0.29, 0.717) is 12.2 Å². The van der Waals surface area contributed by atoms with E-state index in [0.717, 1.165) is 10.7 Å². The first-order valence-electron chi connectivity index (χ1n) is 5.59. The summed E-state index contributed by atoms with van der Waals surface area (Å²) in [6.45, 7) is 8.80. The number of carbonyl (C=O) groups is 1. The lowest BCUT2D eigenvalue weighted by Crippen LogP contribution is -2.33. The zero-order valence-electron chi connectivity index (χ0n) is 10.6. The van der Waals surface area contributed by atoms with E-state index < -0.39 is 0 Å². The Kier molecular flexibility index (Phi) is 2.95. The van der Waals surface area contributed by atoms with Crippen molar-refractivity contribution >= 4 is 22.2 Å². The minimum absolute atomic E-state index is 0.0525. The van der Waals surface area contributed by atoms with Crippen molar-refractivity contribution < 1.29 is 4.79 Å². The number of fused-ring (bicyclic) bond motifs is 1. The van der Waals surface area contributed by atoms with Crippen molar-refractivity contribution in [3.63, 3.8) is 0 Å². The van der Waals surface area contributed by atoms with E-state index in [2.05, 4.69) is 31.1 Å². The van der Waals surface area contributed by atoms with Crippen molar-refractivity contribution in [2.24, 2.45) is 5.41 Å². The third-order valence-corrected chi connectivity index (χ3v) is 3.19. The van der Waals surface area contributed by atoms with Crippen LogP contribution in [0.25, 0.3) is 4.96 Å². The summed E-state index contributed by atoms with van der Waals surface area (Å²) in [7, 11) is 0. The molecule has 5 heteroatoms. The molecule has 0 saturated carbocycles. The fourth-order valence-electron chi connectivity index (χ4n) is 1.60. The molecule has 2 aromatic heterocycles. The molecule has 0 atom stereocenters. The summed E-state index contributed by atoms with van der Waals surface area (Å²) in [6, 6.07) is 0. The highest BCUT2D eigenvalue weighted by atomic mass is 32.1. The van der Waals surface area contributed by atoms with E-state index in [1.54, 1.807) is 0 Å². The van der Waals surface area contributed by atoms with Gasteiger partial charge in [-0.2, -0.15) is 0 Å². The van der Waals surface area contributed by atoms with Gasteiger partial charge in [-0.05, 0) is 12.3 Å². The lowest BCUT2D eigenvalue weighted by atomic mass is 9.97. The Hall–Kier alpha value is -1.36. The van der Waals surface area contributed by atoms with E-state index in [-0.39, 0.29) is 11.3 Å². The third kappa shape index (κ3) is 2.49. The summed E-state index contributed by atoms with van der Waals surface area (Å²) in [5.41, 5.74) is 1.51. The highest BCUT2D eigenvalue weighted by molar-refractivity contribution is 7.15. The molecule has 0 aliphatic carbocycles. The Bertz CT molecular complexity index is 548. The van der Waals surface area contributed by atoms with Gasteiger partial charge in [0, 0.05) is 18.1 Å². The van der Waals surface area contributed by atoms with Crippen molar-refractivity contribution in [2.45, 2.75) is 27.7 Å². The lowest BCUT2D eigenvalue weighted by molar-refractivity contribution is 0.0933. The van der Waals surface area contributed by atoms with Crippen LogP contribution in [0.2, 0.25) is 0 Å². The predicted molar refractivity (Wildman–Crippen MR) is 69.6 cm³/mol. The normalized spacial score (nSPS) is 12.0. The van der Waals surface area contributed by atoms with Gasteiger partial charge in [-0.25, -0.2) is 4.98 Å². The second-order valence-corrected chi connectivity index (χ2v) is 6.22. The van der Waals surface area contributed by atoms with Gasteiger partial charge in [-0.3, -0.25) is 9.20 Å². The molecule has 0 fully saturated rings. The van der Waals surface area contributed by atoms with Gasteiger partial charge in [0.1, 0.15) is 5.69 Å². The monoisotopic (exact) mass is 251 g/mol. The molecule has 1 amide bonds. The van der Waals surface area contributed by atoms with Crippen LogP contribution in [0.1, 0.15) is 37.0 Å². The maximum atomic E-state index is 12.1. The third-order valence-electron chi connectivity index (χ3n) is 2.43. The molecule has 4 nitrogen and oxygen atoms in total. The summed E-state index contributed by atoms with van der Waals surface area (Å²) in [6.07, 6.45) is 1.88. The molecule has 0 radical (unpaired) electrons. The number of hydrogen-bond acceptors (Lipinski definition) is 3. The van der Waals surface area contributed by atoms with Crippen molar-refractivity contribution in [1.29, 1.82) is 0 Å². The Morgan fingerprint density at radius 1 is 1.53 bits per heavy atom. The number of nitrogens with one attached hydrogen (secondary N) is 1. The molecule has 0 bridgehead atoms. The Morgan fingerprint density at radius 2 is 2.24 bits per heavy atom. The number of imidazole rings is 1. The minimum Gasteiger partial charge on any atom is -0.350 e. The Morgan fingerprint density at radius 3 is 2.88 bits per heavy atom. The molecule has 0 aliphatic rings. The molecule has 0 saturated heterocycles. The van der Waals surface area contributed by atoms with Crippen LogP contribution in [0.5, 0.6) is 0 Å². The maximum Gasteiger partial charge on any atom is 0.270 e. The second-order valence-electron chi connectivity index (χ2n) is 5.34. The van der Waals surface area contributed by atoms with Crippen molar-refractivity contribution in [2.75, 3.05) is 6.54 Å². The number of hydrogen-bond donors (Lipinski definition) is 1. The number of aryl methyl sites for hydroxylation is 1. The molecule has 1 N–H and O–H groups in total. The lowest BCUT2D eigenvalue weighted by Gasteiger charge is -2.18. The van der Waals surface area contributed by atoms with Gasteiger partial charge in [-0.1, -0.05) is 20.8 Å². The summed E-state index contributed by atoms with van der Waals surface area (Å²) >= 11 is 1.54. The van der Waals surface area contributed by atoms with Gasteiger partial charge in [0.05, 0.1) is 5.69 Å². The predicted octanol–water partition coefficient (Wildman–Crippen LogP) is 2.48. The van der Waals surface area contributed by atoms with E-state index in [1.165, 1.54) is 11.3 Å². The molecule has 2 rings (SSSR count). The van der Waals surface area contributed by atoms with Crippen LogP contribution in [-0.2, 0) is 0 Å². The van der Waals surface area contributed by atoms with Gasteiger partial charge in [-0.15, -0.1) is 11.3 Å². The Labute approximate surface area is 105 Å². The number of nitrogens with zero attached hydrogens (tertiary/aromatic N) is 2. The van der Waals surface area contributed by atoms with Crippen LogP contribution in [0.4, 0.5) is 0 Å². The standard InChI is InChI=1S/C12H17N3OS/c1-8-9(10(16)13-7-12(2,3)4)15-5-6-17-11(15)14-8/h5-6H,7H2,1-4H3,(H,13,16). The van der Waals surface area contributed by atoms with Gasteiger partial charge in [0.25, 0.3) is 5.91 Å². The average molecular weight is 251 g/mol. The Balaban J connectivity index is 2.24. The zero-order chi connectivity index (χ0) is 12.6. The molecule has 92 valence electrons. The van der Waals surface area contributed by atoms with Crippen LogP contribution in [-0.4, -0.2) is 21.8 Å². The van der Waals surface area contributed by atoms with Gasteiger partial charge in [0.2, 0.25) is 0 Å². The summed E-state index contributed by atoms with van der Waals surface area (Å²) in [5.74, 6) is -0.0525. The number of carbonyl (C=O) groups excluding carboxylic acids is 1. The van der Waals surface area contributed by atoms with Crippen molar-refractivity contribution in [3.05, 3.63) is 23.0 Å². The fraction of sp³-hybridized carbons (Fsp3) is 0.500. The number of aromatic nitrogens is 2. The van der Waals surface area contributed by atoms with Crippen LogP contribution in [0, 0.1) is 12.3 Å². The zero-order valence-corrected chi connectivity index (χ0v) is 11.4. The molecule has 17 heavy (non-hydrogen) atoms. The number of thiazole rings is 1. The van der Waals surface area contributed by atoms with E-state index in [4.69, 9.17) is 0 Å². The molecule has 2 heterocycles.